The molecule has 0 aliphatic carbocycles. The highest BCUT2D eigenvalue weighted by Gasteiger charge is 2.13. The second-order valence-corrected chi connectivity index (χ2v) is 4.33. The molecule has 0 saturated heterocycles. The van der Waals surface area contributed by atoms with Gasteiger partial charge in [0.2, 0.25) is 0 Å². The summed E-state index contributed by atoms with van der Waals surface area (Å²) < 4.78 is 1.93. The average Bonchev–Trinajstić information content (AvgIpc) is 2.54. The molecule has 2 N–H and O–H groups in total. The normalized spacial score (nSPS) is 11.4. The molecule has 4 heteroatoms. The molecule has 0 aromatic carbocycles. The Hall–Kier alpha value is -0.870. The maximum absolute atomic E-state index is 5.65. The second-order valence-electron chi connectivity index (χ2n) is 3.24. The van der Waals surface area contributed by atoms with E-state index in [2.05, 4.69) is 12.0 Å². The number of thiophene rings is 1. The van der Waals surface area contributed by atoms with Gasteiger partial charge in [0.15, 0.2) is 0 Å². The van der Waals surface area contributed by atoms with Gasteiger partial charge in [-0.3, -0.25) is 4.68 Å². The zero-order chi connectivity index (χ0) is 9.59. The van der Waals surface area contributed by atoms with Gasteiger partial charge in [-0.2, -0.15) is 5.10 Å². The predicted octanol–water partition coefficient (Wildman–Crippen LogP) is 1.71. The van der Waals surface area contributed by atoms with E-state index in [4.69, 9.17) is 5.73 Å². The number of aromatic nitrogens is 2. The van der Waals surface area contributed by atoms with Crippen LogP contribution in [0.5, 0.6) is 0 Å². The lowest BCUT2D eigenvalue weighted by Gasteiger charge is -1.92. The fraction of sp³-hybridized carbons (Fsp3) is 0.444. The van der Waals surface area contributed by atoms with Gasteiger partial charge < -0.3 is 5.73 Å². The summed E-state index contributed by atoms with van der Waals surface area (Å²) in [5, 5.41) is 5.66. The largest absolute Gasteiger partial charge is 0.326 e. The average molecular weight is 195 g/mol. The maximum Gasteiger partial charge on any atom is 0.121 e. The molecule has 13 heavy (non-hydrogen) atoms. The fourth-order valence-electron chi connectivity index (χ4n) is 1.71. The van der Waals surface area contributed by atoms with Crippen LogP contribution in [0.4, 0.5) is 0 Å². The molecule has 0 radical (unpaired) electrons. The Morgan fingerprint density at radius 3 is 2.69 bits per heavy atom. The Kier molecular flexibility index (Phi) is 1.89. The summed E-state index contributed by atoms with van der Waals surface area (Å²) in [6, 6.07) is 0. The summed E-state index contributed by atoms with van der Waals surface area (Å²) >= 11 is 1.75. The van der Waals surface area contributed by atoms with Crippen molar-refractivity contribution in [3.8, 4) is 0 Å². The minimum absolute atomic E-state index is 0.630. The summed E-state index contributed by atoms with van der Waals surface area (Å²) in [4.78, 5) is 2.50. The van der Waals surface area contributed by atoms with E-state index in [1.807, 2.05) is 18.7 Å². The van der Waals surface area contributed by atoms with Gasteiger partial charge in [-0.25, -0.2) is 0 Å². The number of rotatable bonds is 1. The Morgan fingerprint density at radius 2 is 2.15 bits per heavy atom. The highest BCUT2D eigenvalue weighted by Crippen LogP contribution is 2.32. The monoisotopic (exact) mass is 195 g/mol. The zero-order valence-corrected chi connectivity index (χ0v) is 8.90. The number of nitrogens with zero attached hydrogens (tertiary/aromatic N) is 2. The highest BCUT2D eigenvalue weighted by atomic mass is 32.1. The van der Waals surface area contributed by atoms with Gasteiger partial charge >= 0.3 is 0 Å². The van der Waals surface area contributed by atoms with E-state index >= 15 is 0 Å². The Morgan fingerprint density at radius 1 is 1.46 bits per heavy atom. The fourth-order valence-corrected chi connectivity index (χ4v) is 2.86. The van der Waals surface area contributed by atoms with Crippen LogP contribution >= 0.6 is 11.3 Å². The van der Waals surface area contributed by atoms with Crippen LogP contribution in [0, 0.1) is 13.8 Å². The standard InChI is InChI=1S/C9H13N3S/c1-5-7(4-10)13-9-8(5)6(2)11-12(9)3/h4,10H2,1-3H3. The number of fused-ring (bicyclic) bond motifs is 1. The van der Waals surface area contributed by atoms with Crippen LogP contribution in [0.2, 0.25) is 0 Å². The van der Waals surface area contributed by atoms with Crippen molar-refractivity contribution in [2.24, 2.45) is 12.8 Å². The van der Waals surface area contributed by atoms with Crippen LogP contribution < -0.4 is 5.73 Å². The zero-order valence-electron chi connectivity index (χ0n) is 8.09. The lowest BCUT2D eigenvalue weighted by Crippen LogP contribution is -1.95. The minimum Gasteiger partial charge on any atom is -0.326 e. The maximum atomic E-state index is 5.65. The summed E-state index contributed by atoms with van der Waals surface area (Å²) in [6.07, 6.45) is 0. The van der Waals surface area contributed by atoms with Crippen molar-refractivity contribution in [2.45, 2.75) is 20.4 Å². The number of aryl methyl sites for hydroxylation is 3. The molecule has 2 rings (SSSR count). The van der Waals surface area contributed by atoms with E-state index in [1.165, 1.54) is 20.7 Å². The van der Waals surface area contributed by atoms with Gasteiger partial charge in [0.1, 0.15) is 4.83 Å². The number of hydrogen-bond acceptors (Lipinski definition) is 3. The molecule has 2 aromatic heterocycles. The van der Waals surface area contributed by atoms with E-state index in [0.717, 1.165) is 5.69 Å². The van der Waals surface area contributed by atoms with E-state index in [-0.39, 0.29) is 0 Å². The molecule has 0 bridgehead atoms. The first kappa shape index (κ1) is 8.72. The third-order valence-corrected chi connectivity index (χ3v) is 3.75. The van der Waals surface area contributed by atoms with Crippen molar-refractivity contribution in [3.63, 3.8) is 0 Å². The van der Waals surface area contributed by atoms with Gasteiger partial charge in [0.05, 0.1) is 5.69 Å². The number of nitrogens with two attached hydrogens (primary N) is 1. The molecular weight excluding hydrogens is 182 g/mol. The molecule has 2 aromatic rings. The Labute approximate surface area is 81.2 Å². The van der Waals surface area contributed by atoms with Gasteiger partial charge in [-0.1, -0.05) is 0 Å². The van der Waals surface area contributed by atoms with Crippen molar-refractivity contribution in [1.29, 1.82) is 0 Å². The molecule has 0 unspecified atom stereocenters. The van der Waals surface area contributed by atoms with Gasteiger partial charge in [-0.15, -0.1) is 11.3 Å². The Balaban J connectivity index is 2.85. The van der Waals surface area contributed by atoms with Crippen molar-refractivity contribution >= 4 is 21.6 Å². The summed E-state index contributed by atoms with van der Waals surface area (Å²) in [7, 11) is 1.98. The summed E-state index contributed by atoms with van der Waals surface area (Å²) in [5.74, 6) is 0. The topological polar surface area (TPSA) is 43.8 Å². The van der Waals surface area contributed by atoms with Gasteiger partial charge in [0.25, 0.3) is 0 Å². The van der Waals surface area contributed by atoms with Crippen LogP contribution in [0.25, 0.3) is 10.2 Å². The van der Waals surface area contributed by atoms with E-state index < -0.39 is 0 Å². The number of hydrogen-bond donors (Lipinski definition) is 1. The molecule has 2 heterocycles. The first-order chi connectivity index (χ1) is 6.15. The molecule has 0 aliphatic heterocycles. The van der Waals surface area contributed by atoms with Crippen LogP contribution in [0.1, 0.15) is 16.1 Å². The molecule has 70 valence electrons. The van der Waals surface area contributed by atoms with Crippen LogP contribution in [0.3, 0.4) is 0 Å². The molecule has 0 aliphatic rings. The molecular formula is C9H13N3S. The van der Waals surface area contributed by atoms with Crippen LogP contribution in [0.15, 0.2) is 0 Å². The summed E-state index contributed by atoms with van der Waals surface area (Å²) in [5.41, 5.74) is 8.06. The first-order valence-electron chi connectivity index (χ1n) is 4.26. The lowest BCUT2D eigenvalue weighted by atomic mass is 10.2. The van der Waals surface area contributed by atoms with Crippen LogP contribution in [-0.2, 0) is 13.6 Å². The highest BCUT2D eigenvalue weighted by molar-refractivity contribution is 7.18. The van der Waals surface area contributed by atoms with Crippen molar-refractivity contribution in [1.82, 2.24) is 9.78 Å². The van der Waals surface area contributed by atoms with Crippen molar-refractivity contribution in [2.75, 3.05) is 0 Å². The first-order valence-corrected chi connectivity index (χ1v) is 5.08. The smallest absolute Gasteiger partial charge is 0.121 e. The van der Waals surface area contributed by atoms with E-state index in [9.17, 15) is 0 Å². The van der Waals surface area contributed by atoms with E-state index in [1.54, 1.807) is 11.3 Å². The molecule has 0 fully saturated rings. The molecule has 0 amide bonds. The van der Waals surface area contributed by atoms with Gasteiger partial charge in [0, 0.05) is 23.9 Å². The molecule has 0 atom stereocenters. The SMILES string of the molecule is Cc1nn(C)c2sc(CN)c(C)c12. The molecule has 3 nitrogen and oxygen atoms in total. The van der Waals surface area contributed by atoms with Crippen LogP contribution in [-0.4, -0.2) is 9.78 Å². The Bertz CT molecular complexity index is 453. The third kappa shape index (κ3) is 1.09. The van der Waals surface area contributed by atoms with E-state index in [0.29, 0.717) is 6.54 Å². The van der Waals surface area contributed by atoms with Crippen molar-refractivity contribution < 1.29 is 0 Å². The third-order valence-electron chi connectivity index (χ3n) is 2.37. The second kappa shape index (κ2) is 2.82. The summed E-state index contributed by atoms with van der Waals surface area (Å²) in [6.45, 7) is 4.79. The predicted molar refractivity (Wildman–Crippen MR) is 56.0 cm³/mol. The van der Waals surface area contributed by atoms with Gasteiger partial charge in [-0.05, 0) is 19.4 Å². The molecule has 0 spiro atoms. The lowest BCUT2D eigenvalue weighted by molar-refractivity contribution is 0.788. The van der Waals surface area contributed by atoms with Crippen molar-refractivity contribution in [3.05, 3.63) is 16.1 Å². The quantitative estimate of drug-likeness (QED) is 0.752. The molecule has 0 saturated carbocycles. The minimum atomic E-state index is 0.630.